The summed E-state index contributed by atoms with van der Waals surface area (Å²) in [6, 6.07) is 3.49. The molecule has 1 unspecified atom stereocenters. The summed E-state index contributed by atoms with van der Waals surface area (Å²) in [7, 11) is -3.64. The Hall–Kier alpha value is -0.980. The van der Waals surface area contributed by atoms with Gasteiger partial charge in [-0.1, -0.05) is 6.92 Å². The van der Waals surface area contributed by atoms with E-state index in [0.717, 1.165) is 18.7 Å². The van der Waals surface area contributed by atoms with E-state index in [9.17, 15) is 8.42 Å². The summed E-state index contributed by atoms with van der Waals surface area (Å²) < 4.78 is 22.0. The van der Waals surface area contributed by atoms with E-state index in [2.05, 4.69) is 17.2 Å². The van der Waals surface area contributed by atoms with Crippen molar-refractivity contribution >= 4 is 10.0 Å². The summed E-state index contributed by atoms with van der Waals surface area (Å²) in [6.45, 7) is 4.99. The predicted octanol–water partition coefficient (Wildman–Crippen LogP) is 0.270. The highest BCUT2D eigenvalue weighted by atomic mass is 32.2. The maximum atomic E-state index is 11.0. The third kappa shape index (κ3) is 3.88. The van der Waals surface area contributed by atoms with Crippen molar-refractivity contribution in [3.63, 3.8) is 0 Å². The van der Waals surface area contributed by atoms with E-state index in [-0.39, 0.29) is 4.90 Å². The summed E-state index contributed by atoms with van der Waals surface area (Å²) in [5, 5.41) is 8.23. The fraction of sp³-hybridized carbons (Fsp3) is 0.500. The zero-order valence-electron chi connectivity index (χ0n) is 9.47. The quantitative estimate of drug-likeness (QED) is 0.777. The summed E-state index contributed by atoms with van der Waals surface area (Å²) in [6.07, 6.45) is 2.06. The number of hydrogen-bond acceptors (Lipinski definition) is 4. The van der Waals surface area contributed by atoms with Gasteiger partial charge in [-0.05, 0) is 25.6 Å². The van der Waals surface area contributed by atoms with Crippen LogP contribution in [0.1, 0.15) is 19.5 Å². The van der Waals surface area contributed by atoms with E-state index in [4.69, 9.17) is 5.14 Å². The second-order valence-electron chi connectivity index (χ2n) is 3.69. The van der Waals surface area contributed by atoms with Crippen LogP contribution in [-0.4, -0.2) is 26.0 Å². The second kappa shape index (κ2) is 5.38. The molecule has 6 heteroatoms. The van der Waals surface area contributed by atoms with Crippen LogP contribution in [0, 0.1) is 0 Å². The molecule has 3 N–H and O–H groups in total. The SMILES string of the molecule is CCNC(C)Cc1ccc(S(N)(=O)=O)cn1. The topological polar surface area (TPSA) is 85.1 Å². The zero-order valence-corrected chi connectivity index (χ0v) is 10.3. The third-order valence-electron chi connectivity index (χ3n) is 2.19. The zero-order chi connectivity index (χ0) is 12.2. The Labute approximate surface area is 96.1 Å². The number of sulfonamides is 1. The van der Waals surface area contributed by atoms with E-state index in [1.165, 1.54) is 12.3 Å². The molecule has 1 heterocycles. The van der Waals surface area contributed by atoms with Crippen molar-refractivity contribution in [2.45, 2.75) is 31.2 Å². The van der Waals surface area contributed by atoms with Crippen LogP contribution in [0.5, 0.6) is 0 Å². The number of pyridine rings is 1. The highest BCUT2D eigenvalue weighted by Gasteiger charge is 2.08. The number of nitrogens with zero attached hydrogens (tertiary/aromatic N) is 1. The van der Waals surface area contributed by atoms with Gasteiger partial charge in [0.05, 0.1) is 0 Å². The lowest BCUT2D eigenvalue weighted by Crippen LogP contribution is -2.27. The van der Waals surface area contributed by atoms with Crippen molar-refractivity contribution in [3.05, 3.63) is 24.0 Å². The smallest absolute Gasteiger partial charge is 0.239 e. The first-order valence-electron chi connectivity index (χ1n) is 5.14. The molecule has 0 amide bonds. The maximum absolute atomic E-state index is 11.0. The minimum Gasteiger partial charge on any atom is -0.314 e. The van der Waals surface area contributed by atoms with E-state index >= 15 is 0 Å². The Balaban J connectivity index is 2.72. The molecular formula is C10H17N3O2S. The average molecular weight is 243 g/mol. The molecule has 16 heavy (non-hydrogen) atoms. The van der Waals surface area contributed by atoms with Crippen molar-refractivity contribution < 1.29 is 8.42 Å². The summed E-state index contributed by atoms with van der Waals surface area (Å²) in [5.41, 5.74) is 0.848. The fourth-order valence-corrected chi connectivity index (χ4v) is 1.89. The van der Waals surface area contributed by atoms with Crippen molar-refractivity contribution in [2.75, 3.05) is 6.54 Å². The molecule has 0 bridgehead atoms. The number of rotatable bonds is 5. The van der Waals surface area contributed by atoms with Crippen LogP contribution in [0.2, 0.25) is 0 Å². The summed E-state index contributed by atoms with van der Waals surface area (Å²) in [5.74, 6) is 0. The molecule has 90 valence electrons. The standard InChI is InChI=1S/C10H17N3O2S/c1-3-12-8(2)6-9-4-5-10(7-13-9)16(11,14)15/h4-5,7-8,12H,3,6H2,1-2H3,(H2,11,14,15). The maximum Gasteiger partial charge on any atom is 0.239 e. The highest BCUT2D eigenvalue weighted by molar-refractivity contribution is 7.89. The van der Waals surface area contributed by atoms with Gasteiger partial charge in [0.15, 0.2) is 0 Å². The van der Waals surface area contributed by atoms with Crippen LogP contribution >= 0.6 is 0 Å². The number of nitrogens with one attached hydrogen (secondary N) is 1. The van der Waals surface area contributed by atoms with Crippen LogP contribution in [-0.2, 0) is 16.4 Å². The lowest BCUT2D eigenvalue weighted by Gasteiger charge is -2.11. The monoisotopic (exact) mass is 243 g/mol. The van der Waals surface area contributed by atoms with Gasteiger partial charge in [-0.15, -0.1) is 0 Å². The van der Waals surface area contributed by atoms with Crippen LogP contribution in [0.15, 0.2) is 23.2 Å². The van der Waals surface area contributed by atoms with Gasteiger partial charge in [-0.3, -0.25) is 4.98 Å². The predicted molar refractivity (Wildman–Crippen MR) is 62.5 cm³/mol. The van der Waals surface area contributed by atoms with Gasteiger partial charge in [0.2, 0.25) is 10.0 Å². The van der Waals surface area contributed by atoms with Gasteiger partial charge < -0.3 is 5.32 Å². The molecule has 0 aliphatic rings. The van der Waals surface area contributed by atoms with E-state index < -0.39 is 10.0 Å². The number of hydrogen-bond donors (Lipinski definition) is 2. The van der Waals surface area contributed by atoms with Gasteiger partial charge in [0.25, 0.3) is 0 Å². The Bertz CT molecular complexity index is 428. The Kier molecular flexibility index (Phi) is 4.40. The van der Waals surface area contributed by atoms with Gasteiger partial charge in [0, 0.05) is 24.4 Å². The number of primary sulfonamides is 1. The lowest BCUT2D eigenvalue weighted by molar-refractivity contribution is 0.559. The molecule has 0 saturated heterocycles. The van der Waals surface area contributed by atoms with Crippen LogP contribution < -0.4 is 10.5 Å². The van der Waals surface area contributed by atoms with Crippen molar-refractivity contribution in [1.82, 2.24) is 10.3 Å². The molecule has 5 nitrogen and oxygen atoms in total. The first-order valence-corrected chi connectivity index (χ1v) is 6.69. The van der Waals surface area contributed by atoms with Gasteiger partial charge in [-0.25, -0.2) is 13.6 Å². The van der Waals surface area contributed by atoms with Crippen molar-refractivity contribution in [2.24, 2.45) is 5.14 Å². The van der Waals surface area contributed by atoms with Crippen molar-refractivity contribution in [3.8, 4) is 0 Å². The molecule has 1 aromatic rings. The average Bonchev–Trinajstić information content (AvgIpc) is 2.17. The molecular weight excluding hydrogens is 226 g/mol. The van der Waals surface area contributed by atoms with Gasteiger partial charge in [-0.2, -0.15) is 0 Å². The molecule has 0 aliphatic carbocycles. The number of likely N-dealkylation sites (N-methyl/N-ethyl adjacent to an activating group) is 1. The summed E-state index contributed by atoms with van der Waals surface area (Å²) >= 11 is 0. The Morgan fingerprint density at radius 2 is 2.19 bits per heavy atom. The van der Waals surface area contributed by atoms with Crippen LogP contribution in [0.25, 0.3) is 0 Å². The molecule has 0 fully saturated rings. The Morgan fingerprint density at radius 3 is 2.62 bits per heavy atom. The fourth-order valence-electron chi connectivity index (χ4n) is 1.43. The van der Waals surface area contributed by atoms with E-state index in [1.54, 1.807) is 6.07 Å². The van der Waals surface area contributed by atoms with Gasteiger partial charge >= 0.3 is 0 Å². The molecule has 0 radical (unpaired) electrons. The normalized spacial score (nSPS) is 13.7. The van der Waals surface area contributed by atoms with Crippen LogP contribution in [0.4, 0.5) is 0 Å². The first-order chi connectivity index (χ1) is 7.43. The van der Waals surface area contributed by atoms with Gasteiger partial charge in [0.1, 0.15) is 4.90 Å². The third-order valence-corrected chi connectivity index (χ3v) is 3.09. The minimum absolute atomic E-state index is 0.0485. The Morgan fingerprint density at radius 1 is 1.50 bits per heavy atom. The second-order valence-corrected chi connectivity index (χ2v) is 5.25. The number of nitrogens with two attached hydrogens (primary N) is 1. The molecule has 0 aromatic carbocycles. The van der Waals surface area contributed by atoms with E-state index in [1.807, 2.05) is 6.92 Å². The lowest BCUT2D eigenvalue weighted by atomic mass is 10.1. The molecule has 0 saturated carbocycles. The summed E-state index contributed by atoms with van der Waals surface area (Å²) in [4.78, 5) is 4.12. The molecule has 0 spiro atoms. The number of aromatic nitrogens is 1. The van der Waals surface area contributed by atoms with Crippen LogP contribution in [0.3, 0.4) is 0 Å². The highest BCUT2D eigenvalue weighted by Crippen LogP contribution is 2.06. The molecule has 1 aromatic heterocycles. The largest absolute Gasteiger partial charge is 0.314 e. The molecule has 0 aliphatic heterocycles. The molecule has 1 atom stereocenters. The van der Waals surface area contributed by atoms with Crippen molar-refractivity contribution in [1.29, 1.82) is 0 Å². The van der Waals surface area contributed by atoms with E-state index in [0.29, 0.717) is 6.04 Å². The minimum atomic E-state index is -3.64. The first kappa shape index (κ1) is 13.1. The molecule has 1 rings (SSSR count).